The van der Waals surface area contributed by atoms with Crippen LogP contribution in [0.15, 0.2) is 0 Å². The van der Waals surface area contributed by atoms with Gasteiger partial charge in [-0.25, -0.2) is 4.79 Å². The number of rotatable bonds is 4. The standard InChI is InChI=1S/C15H24N4O4/c1-18-13(21)15(17-14(18)22)4-6-19(7-5-15)10-12(20)16-9-11-3-2-8-23-11/h11H,2-10H2,1H3,(H,16,20)(H,17,22). The number of amides is 4. The summed E-state index contributed by atoms with van der Waals surface area (Å²) in [6.45, 7) is 2.90. The van der Waals surface area contributed by atoms with Gasteiger partial charge in [-0.3, -0.25) is 19.4 Å². The van der Waals surface area contributed by atoms with E-state index in [-0.39, 0.29) is 23.9 Å². The molecule has 1 unspecified atom stereocenters. The molecule has 3 aliphatic rings. The number of carbonyl (C=O) groups excluding carboxylic acids is 3. The molecule has 128 valence electrons. The topological polar surface area (TPSA) is 91.0 Å². The summed E-state index contributed by atoms with van der Waals surface area (Å²) >= 11 is 0. The Bertz CT molecular complexity index is 496. The van der Waals surface area contributed by atoms with Crippen LogP contribution in [-0.2, 0) is 14.3 Å². The van der Waals surface area contributed by atoms with Crippen molar-refractivity contribution in [3.63, 3.8) is 0 Å². The molecule has 0 aliphatic carbocycles. The molecule has 0 aromatic heterocycles. The minimum Gasteiger partial charge on any atom is -0.376 e. The third kappa shape index (κ3) is 3.32. The lowest BCUT2D eigenvalue weighted by molar-refractivity contribution is -0.132. The van der Waals surface area contributed by atoms with E-state index >= 15 is 0 Å². The first-order valence-electron chi connectivity index (χ1n) is 8.21. The van der Waals surface area contributed by atoms with Crippen molar-refractivity contribution in [3.8, 4) is 0 Å². The highest BCUT2D eigenvalue weighted by atomic mass is 16.5. The fraction of sp³-hybridized carbons (Fsp3) is 0.800. The van der Waals surface area contributed by atoms with Gasteiger partial charge in [0.15, 0.2) is 0 Å². The highest BCUT2D eigenvalue weighted by Crippen LogP contribution is 2.28. The van der Waals surface area contributed by atoms with Crippen LogP contribution in [-0.4, -0.2) is 79.1 Å². The van der Waals surface area contributed by atoms with Crippen molar-refractivity contribution in [2.24, 2.45) is 0 Å². The van der Waals surface area contributed by atoms with E-state index in [1.165, 1.54) is 7.05 Å². The van der Waals surface area contributed by atoms with E-state index in [1.54, 1.807) is 0 Å². The monoisotopic (exact) mass is 324 g/mol. The Morgan fingerprint density at radius 2 is 2.13 bits per heavy atom. The molecule has 1 atom stereocenters. The van der Waals surface area contributed by atoms with Gasteiger partial charge in [-0.1, -0.05) is 0 Å². The minimum absolute atomic E-state index is 0.0182. The first-order chi connectivity index (χ1) is 11.0. The van der Waals surface area contributed by atoms with Gasteiger partial charge in [0, 0.05) is 33.3 Å². The van der Waals surface area contributed by atoms with Gasteiger partial charge >= 0.3 is 6.03 Å². The minimum atomic E-state index is -0.767. The molecule has 8 nitrogen and oxygen atoms in total. The summed E-state index contributed by atoms with van der Waals surface area (Å²) < 4.78 is 5.48. The van der Waals surface area contributed by atoms with Gasteiger partial charge < -0.3 is 15.4 Å². The lowest BCUT2D eigenvalue weighted by Gasteiger charge is -2.36. The number of hydrogen-bond donors (Lipinski definition) is 2. The fourth-order valence-electron chi connectivity index (χ4n) is 3.48. The summed E-state index contributed by atoms with van der Waals surface area (Å²) in [4.78, 5) is 39.0. The van der Waals surface area contributed by atoms with Gasteiger partial charge in [0.2, 0.25) is 5.91 Å². The smallest absolute Gasteiger partial charge is 0.324 e. The van der Waals surface area contributed by atoms with Crippen molar-refractivity contribution in [2.75, 3.05) is 39.8 Å². The molecule has 0 aromatic carbocycles. The van der Waals surface area contributed by atoms with Gasteiger partial charge in [0.1, 0.15) is 5.54 Å². The van der Waals surface area contributed by atoms with Crippen LogP contribution >= 0.6 is 0 Å². The van der Waals surface area contributed by atoms with Crippen LogP contribution in [0.25, 0.3) is 0 Å². The van der Waals surface area contributed by atoms with Gasteiger partial charge in [-0.15, -0.1) is 0 Å². The summed E-state index contributed by atoms with van der Waals surface area (Å²) in [6, 6.07) is -0.335. The van der Waals surface area contributed by atoms with Crippen molar-refractivity contribution in [3.05, 3.63) is 0 Å². The molecule has 3 aliphatic heterocycles. The summed E-state index contributed by atoms with van der Waals surface area (Å²) in [7, 11) is 1.50. The predicted octanol–water partition coefficient (Wildman–Crippen LogP) is -0.702. The van der Waals surface area contributed by atoms with Crippen LogP contribution < -0.4 is 10.6 Å². The Morgan fingerprint density at radius 3 is 2.70 bits per heavy atom. The Morgan fingerprint density at radius 1 is 1.39 bits per heavy atom. The molecule has 3 heterocycles. The number of nitrogens with zero attached hydrogens (tertiary/aromatic N) is 2. The Labute approximate surface area is 135 Å². The second kappa shape index (κ2) is 6.45. The van der Waals surface area contributed by atoms with Crippen molar-refractivity contribution in [1.82, 2.24) is 20.4 Å². The Balaban J connectivity index is 1.43. The number of carbonyl (C=O) groups is 3. The van der Waals surface area contributed by atoms with Gasteiger partial charge in [-0.2, -0.15) is 0 Å². The van der Waals surface area contributed by atoms with E-state index in [0.29, 0.717) is 39.0 Å². The van der Waals surface area contributed by atoms with Gasteiger partial charge in [-0.05, 0) is 25.7 Å². The van der Waals surface area contributed by atoms with Crippen LogP contribution in [0.3, 0.4) is 0 Å². The van der Waals surface area contributed by atoms with E-state index in [4.69, 9.17) is 4.74 Å². The second-order valence-corrected chi connectivity index (χ2v) is 6.59. The maximum Gasteiger partial charge on any atom is 0.324 e. The highest BCUT2D eigenvalue weighted by molar-refractivity contribution is 6.06. The number of nitrogens with one attached hydrogen (secondary N) is 2. The molecule has 1 spiro atoms. The normalized spacial score (nSPS) is 27.5. The molecule has 3 saturated heterocycles. The third-order valence-corrected chi connectivity index (χ3v) is 4.99. The van der Waals surface area contributed by atoms with Crippen LogP contribution in [0.2, 0.25) is 0 Å². The van der Waals surface area contributed by atoms with Crippen molar-refractivity contribution in [1.29, 1.82) is 0 Å². The predicted molar refractivity (Wildman–Crippen MR) is 81.7 cm³/mol. The van der Waals surface area contributed by atoms with Crippen molar-refractivity contribution in [2.45, 2.75) is 37.3 Å². The molecular weight excluding hydrogens is 300 g/mol. The van der Waals surface area contributed by atoms with E-state index in [9.17, 15) is 14.4 Å². The number of likely N-dealkylation sites (N-methyl/N-ethyl adjacent to an activating group) is 1. The molecule has 3 rings (SSSR count). The SMILES string of the molecule is CN1C(=O)NC2(CCN(CC(=O)NCC3CCCO3)CC2)C1=O. The lowest BCUT2D eigenvalue weighted by Crippen LogP contribution is -2.56. The first-order valence-corrected chi connectivity index (χ1v) is 8.21. The molecule has 0 aromatic rings. The molecule has 23 heavy (non-hydrogen) atoms. The van der Waals surface area contributed by atoms with Gasteiger partial charge in [0.05, 0.1) is 12.6 Å². The second-order valence-electron chi connectivity index (χ2n) is 6.59. The quantitative estimate of drug-likeness (QED) is 0.667. The van der Waals surface area contributed by atoms with E-state index in [0.717, 1.165) is 24.3 Å². The van der Waals surface area contributed by atoms with E-state index < -0.39 is 5.54 Å². The number of urea groups is 1. The number of ether oxygens (including phenoxy) is 1. The molecule has 3 fully saturated rings. The maximum absolute atomic E-state index is 12.2. The maximum atomic E-state index is 12.2. The average molecular weight is 324 g/mol. The highest BCUT2D eigenvalue weighted by Gasteiger charge is 2.50. The molecule has 8 heteroatoms. The van der Waals surface area contributed by atoms with E-state index in [1.807, 2.05) is 4.90 Å². The zero-order valence-electron chi connectivity index (χ0n) is 13.5. The summed E-state index contributed by atoms with van der Waals surface area (Å²) in [5, 5.41) is 5.70. The van der Waals surface area contributed by atoms with Crippen LogP contribution in [0.4, 0.5) is 4.79 Å². The summed E-state index contributed by atoms with van der Waals surface area (Å²) in [5.74, 6) is -0.180. The third-order valence-electron chi connectivity index (χ3n) is 4.99. The Hall–Kier alpha value is -1.67. The zero-order valence-corrected chi connectivity index (χ0v) is 13.5. The number of imide groups is 1. The molecule has 4 amide bonds. The molecule has 0 radical (unpaired) electrons. The average Bonchev–Trinajstić information content (AvgIpc) is 3.12. The lowest BCUT2D eigenvalue weighted by atomic mass is 9.87. The largest absolute Gasteiger partial charge is 0.376 e. The fourth-order valence-corrected chi connectivity index (χ4v) is 3.48. The summed E-state index contributed by atoms with van der Waals surface area (Å²) in [6.07, 6.45) is 3.29. The molecule has 0 bridgehead atoms. The molecular formula is C15H24N4O4. The number of likely N-dealkylation sites (tertiary alicyclic amines) is 1. The number of hydrogen-bond acceptors (Lipinski definition) is 5. The van der Waals surface area contributed by atoms with Crippen molar-refractivity contribution < 1.29 is 19.1 Å². The Kier molecular flexibility index (Phi) is 4.54. The molecule has 0 saturated carbocycles. The summed E-state index contributed by atoms with van der Waals surface area (Å²) in [5.41, 5.74) is -0.767. The number of piperidine rings is 1. The zero-order chi connectivity index (χ0) is 16.4. The van der Waals surface area contributed by atoms with Crippen LogP contribution in [0, 0.1) is 0 Å². The van der Waals surface area contributed by atoms with Gasteiger partial charge in [0.25, 0.3) is 5.91 Å². The van der Waals surface area contributed by atoms with E-state index in [2.05, 4.69) is 10.6 Å². The van der Waals surface area contributed by atoms with Crippen LogP contribution in [0.1, 0.15) is 25.7 Å². The molecule has 2 N–H and O–H groups in total. The first kappa shape index (κ1) is 16.2. The van der Waals surface area contributed by atoms with Crippen molar-refractivity contribution >= 4 is 17.8 Å². The van der Waals surface area contributed by atoms with Crippen LogP contribution in [0.5, 0.6) is 0 Å².